The molecule has 0 spiro atoms. The number of phenolic OH excluding ortho intramolecular Hbond substituents is 1. The number of nitriles is 1. The van der Waals surface area contributed by atoms with E-state index in [2.05, 4.69) is 6.07 Å². The SMILES string of the molecule is Cn1c2ccccc2c2c(C#N)c(-c3ccccc3)c(C(=O)c3ccccc3)c(O)c21. The predicted molar refractivity (Wildman–Crippen MR) is 122 cm³/mol. The fraction of sp³-hybridized carbons (Fsp3) is 0.0370. The van der Waals surface area contributed by atoms with Crippen LogP contribution in [0.1, 0.15) is 21.5 Å². The molecule has 0 saturated carbocycles. The summed E-state index contributed by atoms with van der Waals surface area (Å²) < 4.78 is 1.84. The van der Waals surface area contributed by atoms with Crippen molar-refractivity contribution in [3.63, 3.8) is 0 Å². The highest BCUT2D eigenvalue weighted by Gasteiger charge is 2.29. The molecule has 0 saturated heterocycles. The van der Waals surface area contributed by atoms with Crippen LogP contribution in [0.5, 0.6) is 5.75 Å². The lowest BCUT2D eigenvalue weighted by atomic mass is 9.87. The van der Waals surface area contributed by atoms with Gasteiger partial charge in [-0.25, -0.2) is 0 Å². The molecule has 0 aliphatic carbocycles. The molecule has 0 aliphatic heterocycles. The van der Waals surface area contributed by atoms with E-state index in [0.29, 0.717) is 33.2 Å². The summed E-state index contributed by atoms with van der Waals surface area (Å²) in [5.74, 6) is -0.430. The molecule has 0 radical (unpaired) electrons. The van der Waals surface area contributed by atoms with Gasteiger partial charge in [-0.2, -0.15) is 5.26 Å². The van der Waals surface area contributed by atoms with Crippen molar-refractivity contribution in [2.45, 2.75) is 0 Å². The quantitative estimate of drug-likeness (QED) is 0.388. The van der Waals surface area contributed by atoms with Crippen molar-refractivity contribution in [1.82, 2.24) is 4.57 Å². The van der Waals surface area contributed by atoms with E-state index in [-0.39, 0.29) is 17.1 Å². The number of fused-ring (bicyclic) bond motifs is 3. The lowest BCUT2D eigenvalue weighted by Gasteiger charge is -2.16. The van der Waals surface area contributed by atoms with Gasteiger partial charge < -0.3 is 9.67 Å². The monoisotopic (exact) mass is 402 g/mol. The third kappa shape index (κ3) is 2.72. The molecule has 0 amide bonds. The van der Waals surface area contributed by atoms with Crippen molar-refractivity contribution >= 4 is 27.6 Å². The molecule has 0 unspecified atom stereocenters. The average Bonchev–Trinajstić information content (AvgIpc) is 3.13. The van der Waals surface area contributed by atoms with Gasteiger partial charge >= 0.3 is 0 Å². The second kappa shape index (κ2) is 7.16. The maximum atomic E-state index is 13.6. The zero-order chi connectivity index (χ0) is 21.5. The largest absolute Gasteiger partial charge is 0.505 e. The fourth-order valence-electron chi connectivity index (χ4n) is 4.37. The maximum Gasteiger partial charge on any atom is 0.197 e. The number of aryl methyl sites for hydroxylation is 1. The number of benzene rings is 4. The molecule has 0 bridgehead atoms. The van der Waals surface area contributed by atoms with Crippen molar-refractivity contribution in [3.05, 3.63) is 102 Å². The first kappa shape index (κ1) is 18.7. The smallest absolute Gasteiger partial charge is 0.197 e. The highest BCUT2D eigenvalue weighted by molar-refractivity contribution is 6.23. The number of rotatable bonds is 3. The third-order valence-corrected chi connectivity index (χ3v) is 5.76. The summed E-state index contributed by atoms with van der Waals surface area (Å²) >= 11 is 0. The van der Waals surface area contributed by atoms with Gasteiger partial charge in [0, 0.05) is 34.5 Å². The molecule has 4 nitrogen and oxygen atoms in total. The van der Waals surface area contributed by atoms with E-state index in [0.717, 1.165) is 10.9 Å². The Morgan fingerprint density at radius 3 is 2.19 bits per heavy atom. The van der Waals surface area contributed by atoms with Crippen LogP contribution in [-0.4, -0.2) is 15.5 Å². The summed E-state index contributed by atoms with van der Waals surface area (Å²) in [6.07, 6.45) is 0. The molecular formula is C27H18N2O2. The Hall–Kier alpha value is -4.36. The predicted octanol–water partition coefficient (Wildman–Crippen LogP) is 5.81. The first-order valence-corrected chi connectivity index (χ1v) is 9.94. The van der Waals surface area contributed by atoms with Crippen molar-refractivity contribution < 1.29 is 9.90 Å². The number of aromatic nitrogens is 1. The number of phenols is 1. The summed E-state index contributed by atoms with van der Waals surface area (Å²) in [6, 6.07) is 28.2. The number of carbonyl (C=O) groups is 1. The molecule has 1 aromatic heterocycles. The van der Waals surface area contributed by atoms with Crippen LogP contribution < -0.4 is 0 Å². The molecule has 0 fully saturated rings. The second-order valence-electron chi connectivity index (χ2n) is 7.45. The minimum absolute atomic E-state index is 0.111. The van der Waals surface area contributed by atoms with E-state index >= 15 is 0 Å². The zero-order valence-corrected chi connectivity index (χ0v) is 16.8. The van der Waals surface area contributed by atoms with Gasteiger partial charge in [0.05, 0.1) is 16.6 Å². The number of para-hydroxylation sites is 1. The lowest BCUT2D eigenvalue weighted by Crippen LogP contribution is -2.07. The molecule has 4 heteroatoms. The summed E-state index contributed by atoms with van der Waals surface area (Å²) in [5, 5.41) is 23.3. The number of hydrogen-bond acceptors (Lipinski definition) is 3. The van der Waals surface area contributed by atoms with Gasteiger partial charge in [0.15, 0.2) is 11.5 Å². The Kier molecular flexibility index (Phi) is 4.31. The molecule has 0 aliphatic rings. The number of carbonyl (C=O) groups excluding carboxylic acids is 1. The van der Waals surface area contributed by atoms with Crippen LogP contribution in [0.15, 0.2) is 84.9 Å². The number of nitrogens with zero attached hydrogens (tertiary/aromatic N) is 2. The molecule has 1 heterocycles. The maximum absolute atomic E-state index is 13.6. The van der Waals surface area contributed by atoms with Gasteiger partial charge in [0.2, 0.25) is 0 Å². The highest BCUT2D eigenvalue weighted by atomic mass is 16.3. The topological polar surface area (TPSA) is 66.0 Å². The fourth-order valence-corrected chi connectivity index (χ4v) is 4.37. The van der Waals surface area contributed by atoms with E-state index in [1.807, 2.05) is 72.3 Å². The van der Waals surface area contributed by atoms with Crippen LogP contribution in [0.2, 0.25) is 0 Å². The van der Waals surface area contributed by atoms with E-state index in [9.17, 15) is 15.2 Å². The van der Waals surface area contributed by atoms with Gasteiger partial charge in [-0.1, -0.05) is 78.9 Å². The van der Waals surface area contributed by atoms with Gasteiger partial charge in [-0.15, -0.1) is 0 Å². The van der Waals surface area contributed by atoms with Crippen LogP contribution >= 0.6 is 0 Å². The molecule has 148 valence electrons. The molecule has 1 N–H and O–H groups in total. The lowest BCUT2D eigenvalue weighted by molar-refractivity contribution is 0.103. The molecular weight excluding hydrogens is 384 g/mol. The summed E-state index contributed by atoms with van der Waals surface area (Å²) in [7, 11) is 1.84. The normalized spacial score (nSPS) is 11.0. The standard InChI is InChI=1S/C27H18N2O2/c1-29-21-15-9-8-14-19(21)23-20(16-28)22(17-10-4-2-5-11-17)24(27(31)25(23)29)26(30)18-12-6-3-7-13-18/h2-15,31H,1H3. The molecule has 31 heavy (non-hydrogen) atoms. The molecule has 5 aromatic rings. The van der Waals surface area contributed by atoms with E-state index in [1.54, 1.807) is 24.3 Å². The first-order valence-electron chi connectivity index (χ1n) is 9.94. The van der Waals surface area contributed by atoms with Crippen molar-refractivity contribution in [3.8, 4) is 22.9 Å². The van der Waals surface area contributed by atoms with Crippen LogP contribution in [0.3, 0.4) is 0 Å². The molecule has 5 rings (SSSR count). The Morgan fingerprint density at radius 1 is 0.903 bits per heavy atom. The number of ketones is 1. The van der Waals surface area contributed by atoms with E-state index < -0.39 is 0 Å². The van der Waals surface area contributed by atoms with E-state index in [1.165, 1.54) is 0 Å². The van der Waals surface area contributed by atoms with E-state index in [4.69, 9.17) is 0 Å². The van der Waals surface area contributed by atoms with Crippen LogP contribution in [0.25, 0.3) is 32.9 Å². The summed E-state index contributed by atoms with van der Waals surface area (Å²) in [5.41, 5.74) is 3.52. The first-order chi connectivity index (χ1) is 15.1. The minimum atomic E-state index is -0.319. The summed E-state index contributed by atoms with van der Waals surface area (Å²) in [6.45, 7) is 0. The molecule has 4 aromatic carbocycles. The van der Waals surface area contributed by atoms with Crippen molar-refractivity contribution in [2.75, 3.05) is 0 Å². The average molecular weight is 402 g/mol. The van der Waals surface area contributed by atoms with Gasteiger partial charge in [0.25, 0.3) is 0 Å². The van der Waals surface area contributed by atoms with Crippen LogP contribution in [0, 0.1) is 11.3 Å². The van der Waals surface area contributed by atoms with Gasteiger partial charge in [-0.05, 0) is 11.6 Å². The van der Waals surface area contributed by atoms with Gasteiger partial charge in [0.1, 0.15) is 6.07 Å². The number of hydrogen-bond donors (Lipinski definition) is 1. The second-order valence-corrected chi connectivity index (χ2v) is 7.45. The molecule has 0 atom stereocenters. The Balaban J connectivity index is 2.02. The van der Waals surface area contributed by atoms with Crippen molar-refractivity contribution in [2.24, 2.45) is 7.05 Å². The van der Waals surface area contributed by atoms with Crippen LogP contribution in [-0.2, 0) is 7.05 Å². The summed E-state index contributed by atoms with van der Waals surface area (Å²) in [4.78, 5) is 13.6. The minimum Gasteiger partial charge on any atom is -0.505 e. The Labute approximate surface area is 179 Å². The number of aromatic hydroxyl groups is 1. The Morgan fingerprint density at radius 2 is 1.52 bits per heavy atom. The highest BCUT2D eigenvalue weighted by Crippen LogP contribution is 2.45. The Bertz CT molecular complexity index is 1510. The zero-order valence-electron chi connectivity index (χ0n) is 16.8. The van der Waals surface area contributed by atoms with Crippen LogP contribution in [0.4, 0.5) is 0 Å². The van der Waals surface area contributed by atoms with Gasteiger partial charge in [-0.3, -0.25) is 4.79 Å². The third-order valence-electron chi connectivity index (χ3n) is 5.76. The van der Waals surface area contributed by atoms with Crippen molar-refractivity contribution in [1.29, 1.82) is 5.26 Å².